The number of amides is 2. The number of rotatable bonds is 1. The molecule has 2 aromatic carbocycles. The molecular weight excluding hydrogens is 308 g/mol. The van der Waals surface area contributed by atoms with Crippen LogP contribution in [0.15, 0.2) is 36.4 Å². The summed E-state index contributed by atoms with van der Waals surface area (Å²) in [6, 6.07) is 7.09. The molecule has 0 fully saturated rings. The molecule has 0 atom stereocenters. The van der Waals surface area contributed by atoms with E-state index in [2.05, 4.69) is 5.32 Å². The lowest BCUT2D eigenvalue weighted by molar-refractivity contribution is -0.112. The minimum atomic E-state index is -0.720. The maximum atomic E-state index is 12.6. The molecule has 0 unspecified atom stereocenters. The van der Waals surface area contributed by atoms with Gasteiger partial charge in [-0.25, -0.2) is 8.78 Å². The van der Waals surface area contributed by atoms with Crippen LogP contribution in [0, 0.1) is 11.6 Å². The number of hydrogen-bond donors (Lipinski definition) is 3. The van der Waals surface area contributed by atoms with E-state index in [9.17, 15) is 23.2 Å². The van der Waals surface area contributed by atoms with Gasteiger partial charge in [0.05, 0.1) is 16.8 Å². The van der Waals surface area contributed by atoms with Gasteiger partial charge in [-0.3, -0.25) is 14.4 Å². The molecule has 1 aliphatic rings. The van der Waals surface area contributed by atoms with Crippen molar-refractivity contribution < 1.29 is 23.2 Å². The third-order valence-electron chi connectivity index (χ3n) is 2.96. The fourth-order valence-electron chi connectivity index (χ4n) is 1.86. The van der Waals surface area contributed by atoms with Crippen LogP contribution in [0.4, 0.5) is 20.2 Å². The van der Waals surface area contributed by atoms with Gasteiger partial charge in [0, 0.05) is 5.69 Å². The molecule has 2 amide bonds. The minimum Gasteiger partial charge on any atom is -0.398 e. The molecule has 0 saturated heterocycles. The predicted octanol–water partition coefficient (Wildman–Crippen LogP) is 1.47. The second-order valence-electron chi connectivity index (χ2n) is 4.57. The smallest absolute Gasteiger partial charge is 0.296 e. The number of carbonyl (C=O) groups excluding carboxylic acids is 3. The van der Waals surface area contributed by atoms with Gasteiger partial charge in [-0.15, -0.1) is 0 Å². The number of halogens is 2. The average molecular weight is 319 g/mol. The van der Waals surface area contributed by atoms with Crippen LogP contribution in [0.3, 0.4) is 0 Å². The van der Waals surface area contributed by atoms with Gasteiger partial charge in [-0.2, -0.15) is 0 Å². The Labute approximate surface area is 129 Å². The average Bonchev–Trinajstić information content (AvgIpc) is 2.77. The van der Waals surface area contributed by atoms with Crippen molar-refractivity contribution in [2.24, 2.45) is 5.73 Å². The summed E-state index contributed by atoms with van der Waals surface area (Å²) < 4.78 is 25.0. The first-order valence-corrected chi connectivity index (χ1v) is 6.29. The summed E-state index contributed by atoms with van der Waals surface area (Å²) in [5.74, 6) is -3.13. The largest absolute Gasteiger partial charge is 0.398 e. The van der Waals surface area contributed by atoms with E-state index in [0.717, 1.165) is 12.1 Å². The van der Waals surface area contributed by atoms with E-state index in [0.29, 0.717) is 5.69 Å². The van der Waals surface area contributed by atoms with Crippen LogP contribution in [0.5, 0.6) is 0 Å². The van der Waals surface area contributed by atoms with E-state index in [1.165, 1.54) is 24.3 Å². The Morgan fingerprint density at radius 1 is 1.00 bits per heavy atom. The zero-order valence-corrected chi connectivity index (χ0v) is 11.6. The molecule has 3 rings (SSSR count). The Balaban J connectivity index is 0.000000168. The highest BCUT2D eigenvalue weighted by molar-refractivity contribution is 6.51. The molecule has 6 nitrogen and oxygen atoms in total. The fraction of sp³-hybridized carbons (Fsp3) is 0. The number of benzene rings is 2. The summed E-state index contributed by atoms with van der Waals surface area (Å²) in [5.41, 5.74) is 10.9. The summed E-state index contributed by atoms with van der Waals surface area (Å²) in [6.45, 7) is 0. The number of nitrogens with two attached hydrogens (primary N) is 2. The van der Waals surface area contributed by atoms with E-state index in [1.807, 2.05) is 0 Å². The van der Waals surface area contributed by atoms with Crippen LogP contribution in [0.2, 0.25) is 0 Å². The van der Waals surface area contributed by atoms with Crippen LogP contribution in [-0.4, -0.2) is 17.6 Å². The summed E-state index contributed by atoms with van der Waals surface area (Å²) in [6.07, 6.45) is 0. The quantitative estimate of drug-likeness (QED) is 0.545. The first-order valence-electron chi connectivity index (χ1n) is 6.29. The van der Waals surface area contributed by atoms with Crippen molar-refractivity contribution >= 4 is 29.0 Å². The van der Waals surface area contributed by atoms with Crippen molar-refractivity contribution in [2.45, 2.75) is 0 Å². The first kappa shape index (κ1) is 16.1. The van der Waals surface area contributed by atoms with Gasteiger partial charge >= 0.3 is 0 Å². The highest BCUT2D eigenvalue weighted by Gasteiger charge is 2.27. The van der Waals surface area contributed by atoms with E-state index < -0.39 is 29.2 Å². The van der Waals surface area contributed by atoms with Crippen LogP contribution in [0.1, 0.15) is 20.7 Å². The molecule has 8 heteroatoms. The van der Waals surface area contributed by atoms with Crippen molar-refractivity contribution in [1.29, 1.82) is 0 Å². The van der Waals surface area contributed by atoms with Crippen molar-refractivity contribution in [3.05, 3.63) is 59.2 Å². The fourth-order valence-corrected chi connectivity index (χ4v) is 1.86. The normalized spacial score (nSPS) is 12.1. The summed E-state index contributed by atoms with van der Waals surface area (Å²) >= 11 is 0. The number of anilines is 2. The molecule has 1 heterocycles. The number of carbonyl (C=O) groups is 3. The second-order valence-corrected chi connectivity index (χ2v) is 4.57. The van der Waals surface area contributed by atoms with Gasteiger partial charge in [0.15, 0.2) is 0 Å². The van der Waals surface area contributed by atoms with Gasteiger partial charge in [-0.05, 0) is 36.4 Å². The summed E-state index contributed by atoms with van der Waals surface area (Å²) in [4.78, 5) is 32.3. The molecule has 2 aromatic rings. The zero-order valence-electron chi connectivity index (χ0n) is 11.6. The lowest BCUT2D eigenvalue weighted by atomic mass is 10.1. The van der Waals surface area contributed by atoms with E-state index in [4.69, 9.17) is 11.5 Å². The Hall–Kier alpha value is -3.29. The Morgan fingerprint density at radius 3 is 2.22 bits per heavy atom. The number of fused-ring (bicyclic) bond motifs is 1. The summed E-state index contributed by atoms with van der Waals surface area (Å²) in [5, 5.41) is 2.32. The van der Waals surface area contributed by atoms with Gasteiger partial charge < -0.3 is 16.8 Å². The molecule has 0 spiro atoms. The highest BCUT2D eigenvalue weighted by Crippen LogP contribution is 2.22. The molecule has 0 bridgehead atoms. The minimum absolute atomic E-state index is 0.0185. The first-order chi connectivity index (χ1) is 10.8. The summed E-state index contributed by atoms with van der Waals surface area (Å²) in [7, 11) is 0. The maximum Gasteiger partial charge on any atom is 0.296 e. The molecule has 1 aliphatic heterocycles. The lowest BCUT2D eigenvalue weighted by Crippen LogP contribution is -2.13. The molecule has 0 aromatic heterocycles. The van der Waals surface area contributed by atoms with E-state index >= 15 is 0 Å². The van der Waals surface area contributed by atoms with Crippen molar-refractivity contribution in [1.82, 2.24) is 0 Å². The van der Waals surface area contributed by atoms with E-state index in [-0.39, 0.29) is 16.8 Å². The SMILES string of the molecule is NC(=O)c1cc(F)ccc1N.O=C1Nc2ccc(F)cc2C1=O. The van der Waals surface area contributed by atoms with Crippen LogP contribution >= 0.6 is 0 Å². The van der Waals surface area contributed by atoms with Crippen LogP contribution in [-0.2, 0) is 4.79 Å². The monoisotopic (exact) mass is 319 g/mol. The molecule has 23 heavy (non-hydrogen) atoms. The van der Waals surface area contributed by atoms with Gasteiger partial charge in [0.2, 0.25) is 0 Å². The number of ketones is 1. The Kier molecular flexibility index (Phi) is 4.35. The third-order valence-corrected chi connectivity index (χ3v) is 2.96. The van der Waals surface area contributed by atoms with E-state index in [1.54, 1.807) is 0 Å². The number of nitrogens with one attached hydrogen (secondary N) is 1. The van der Waals surface area contributed by atoms with Gasteiger partial charge in [0.1, 0.15) is 11.6 Å². The molecule has 0 radical (unpaired) electrons. The lowest BCUT2D eigenvalue weighted by Gasteiger charge is -1.99. The van der Waals surface area contributed by atoms with Gasteiger partial charge in [-0.1, -0.05) is 0 Å². The number of nitrogen functional groups attached to an aromatic ring is 1. The second kappa shape index (κ2) is 6.22. The van der Waals surface area contributed by atoms with Crippen LogP contribution < -0.4 is 16.8 Å². The number of hydrogen-bond acceptors (Lipinski definition) is 4. The molecular formula is C15H11F2N3O3. The van der Waals surface area contributed by atoms with Crippen molar-refractivity contribution in [3.63, 3.8) is 0 Å². The highest BCUT2D eigenvalue weighted by atomic mass is 19.1. The third kappa shape index (κ3) is 3.49. The maximum absolute atomic E-state index is 12.6. The van der Waals surface area contributed by atoms with Crippen LogP contribution in [0.25, 0.3) is 0 Å². The Morgan fingerprint density at radius 2 is 1.61 bits per heavy atom. The molecule has 118 valence electrons. The van der Waals surface area contributed by atoms with Crippen molar-refractivity contribution in [2.75, 3.05) is 11.1 Å². The predicted molar refractivity (Wildman–Crippen MR) is 78.7 cm³/mol. The molecule has 0 saturated carbocycles. The van der Waals surface area contributed by atoms with Crippen molar-refractivity contribution in [3.8, 4) is 0 Å². The molecule has 5 N–H and O–H groups in total. The zero-order chi connectivity index (χ0) is 17.1. The molecule has 0 aliphatic carbocycles. The number of primary amides is 1. The Bertz CT molecular complexity index is 822. The van der Waals surface area contributed by atoms with Gasteiger partial charge in [0.25, 0.3) is 17.6 Å². The topological polar surface area (TPSA) is 115 Å². The number of Topliss-reactive ketones (excluding diaryl/α,β-unsaturated/α-hetero) is 1. The standard InChI is InChI=1S/C8H4FNO2.C7H7FN2O/c9-4-1-2-6-5(3-4)7(11)8(12)10-6;8-4-1-2-6(9)5(3-4)7(10)11/h1-3H,(H,10,11,12);1-3H,9H2,(H2,10,11).